The van der Waals surface area contributed by atoms with Crippen molar-refractivity contribution in [2.75, 3.05) is 7.11 Å². The second-order valence-corrected chi connectivity index (χ2v) is 5.32. The number of nitrogens with zero attached hydrogens (tertiary/aromatic N) is 1. The molecule has 1 aromatic carbocycles. The number of nitrogens with one attached hydrogen (secondary N) is 1. The monoisotopic (exact) mass is 300 g/mol. The highest BCUT2D eigenvalue weighted by Gasteiger charge is 2.07. The lowest BCUT2D eigenvalue weighted by Crippen LogP contribution is -2.24. The maximum Gasteiger partial charge on any atom is 0.161 e. The predicted molar refractivity (Wildman–Crippen MR) is 88.2 cm³/mol. The molecular formula is C18H24N2O2. The molecule has 0 aliphatic rings. The molecule has 1 N–H and O–H groups in total. The number of ether oxygens (including phenoxy) is 2. The van der Waals surface area contributed by atoms with Crippen LogP contribution in [0.5, 0.6) is 11.5 Å². The first-order valence-corrected chi connectivity index (χ1v) is 7.65. The van der Waals surface area contributed by atoms with Crippen molar-refractivity contribution in [3.05, 3.63) is 53.9 Å². The number of rotatable bonds is 8. The SMILES string of the molecule is CCC(C)NCc1ccc(OCc2ccncc2)c(OC)c1. The van der Waals surface area contributed by atoms with E-state index in [0.29, 0.717) is 12.6 Å². The zero-order chi connectivity index (χ0) is 15.8. The summed E-state index contributed by atoms with van der Waals surface area (Å²) in [7, 11) is 1.67. The van der Waals surface area contributed by atoms with Crippen molar-refractivity contribution in [2.24, 2.45) is 0 Å². The molecule has 1 aromatic heterocycles. The van der Waals surface area contributed by atoms with Crippen LogP contribution in [0.2, 0.25) is 0 Å². The van der Waals surface area contributed by atoms with Crippen molar-refractivity contribution in [1.82, 2.24) is 10.3 Å². The molecule has 0 fully saturated rings. The maximum atomic E-state index is 5.84. The average Bonchev–Trinajstić information content (AvgIpc) is 2.58. The van der Waals surface area contributed by atoms with Crippen molar-refractivity contribution in [3.8, 4) is 11.5 Å². The standard InChI is InChI=1S/C18H24N2O2/c1-4-14(2)20-12-16-5-6-17(18(11-16)21-3)22-13-15-7-9-19-10-8-15/h5-11,14,20H,4,12-13H2,1-3H3. The molecular weight excluding hydrogens is 276 g/mol. The Morgan fingerprint density at radius 3 is 2.55 bits per heavy atom. The Bertz CT molecular complexity index is 573. The Balaban J connectivity index is 1.99. The van der Waals surface area contributed by atoms with Crippen LogP contribution in [0.3, 0.4) is 0 Å². The normalized spacial score (nSPS) is 12.0. The summed E-state index contributed by atoms with van der Waals surface area (Å²) in [5.41, 5.74) is 2.27. The van der Waals surface area contributed by atoms with Crippen molar-refractivity contribution in [3.63, 3.8) is 0 Å². The van der Waals surface area contributed by atoms with Gasteiger partial charge in [-0.2, -0.15) is 0 Å². The van der Waals surface area contributed by atoms with E-state index in [0.717, 1.165) is 30.0 Å². The molecule has 0 radical (unpaired) electrons. The van der Waals surface area contributed by atoms with Gasteiger partial charge in [0.1, 0.15) is 6.61 Å². The Hall–Kier alpha value is -2.07. The van der Waals surface area contributed by atoms with Crippen molar-refractivity contribution in [1.29, 1.82) is 0 Å². The third-order valence-electron chi connectivity index (χ3n) is 3.64. The van der Waals surface area contributed by atoms with Crippen LogP contribution in [0.15, 0.2) is 42.7 Å². The number of hydrogen-bond acceptors (Lipinski definition) is 4. The predicted octanol–water partition coefficient (Wildman–Crippen LogP) is 3.56. The maximum absolute atomic E-state index is 5.84. The molecule has 1 unspecified atom stereocenters. The van der Waals surface area contributed by atoms with E-state index in [4.69, 9.17) is 9.47 Å². The second-order valence-electron chi connectivity index (χ2n) is 5.32. The van der Waals surface area contributed by atoms with Gasteiger partial charge in [0, 0.05) is 25.0 Å². The number of hydrogen-bond donors (Lipinski definition) is 1. The summed E-state index contributed by atoms with van der Waals surface area (Å²) in [5.74, 6) is 1.52. The molecule has 1 atom stereocenters. The molecule has 0 aliphatic heterocycles. The third-order valence-corrected chi connectivity index (χ3v) is 3.64. The van der Waals surface area contributed by atoms with Crippen LogP contribution in [-0.4, -0.2) is 18.1 Å². The Morgan fingerprint density at radius 1 is 1.09 bits per heavy atom. The first-order chi connectivity index (χ1) is 10.7. The Morgan fingerprint density at radius 2 is 1.86 bits per heavy atom. The lowest BCUT2D eigenvalue weighted by Gasteiger charge is -2.14. The zero-order valence-electron chi connectivity index (χ0n) is 13.5. The van der Waals surface area contributed by atoms with Crippen molar-refractivity contribution >= 4 is 0 Å². The molecule has 2 aromatic rings. The van der Waals surface area contributed by atoms with Gasteiger partial charge < -0.3 is 14.8 Å². The summed E-state index contributed by atoms with van der Waals surface area (Å²) in [6, 6.07) is 10.5. The van der Waals surface area contributed by atoms with E-state index in [1.807, 2.05) is 24.3 Å². The highest BCUT2D eigenvalue weighted by Crippen LogP contribution is 2.28. The molecule has 0 amide bonds. The molecule has 118 valence electrons. The molecule has 22 heavy (non-hydrogen) atoms. The van der Waals surface area contributed by atoms with Gasteiger partial charge in [-0.3, -0.25) is 4.98 Å². The van der Waals surface area contributed by atoms with E-state index in [9.17, 15) is 0 Å². The number of benzene rings is 1. The number of aromatic nitrogens is 1. The molecule has 4 nitrogen and oxygen atoms in total. The van der Waals surface area contributed by atoms with Gasteiger partial charge in [-0.1, -0.05) is 13.0 Å². The van der Waals surface area contributed by atoms with Gasteiger partial charge in [0.25, 0.3) is 0 Å². The Labute approximate surface area is 132 Å². The summed E-state index contributed by atoms with van der Waals surface area (Å²) >= 11 is 0. The van der Waals surface area contributed by atoms with Gasteiger partial charge in [-0.05, 0) is 48.7 Å². The van der Waals surface area contributed by atoms with Crippen LogP contribution in [-0.2, 0) is 13.2 Å². The van der Waals surface area contributed by atoms with Gasteiger partial charge >= 0.3 is 0 Å². The summed E-state index contributed by atoms with van der Waals surface area (Å²) in [6.45, 7) is 5.69. The van der Waals surface area contributed by atoms with Crippen LogP contribution in [0.4, 0.5) is 0 Å². The smallest absolute Gasteiger partial charge is 0.161 e. The van der Waals surface area contributed by atoms with Gasteiger partial charge in [-0.25, -0.2) is 0 Å². The van der Waals surface area contributed by atoms with E-state index in [-0.39, 0.29) is 0 Å². The van der Waals surface area contributed by atoms with Crippen molar-refractivity contribution < 1.29 is 9.47 Å². The fourth-order valence-corrected chi connectivity index (χ4v) is 2.02. The molecule has 0 aliphatic carbocycles. The van der Waals surface area contributed by atoms with Crippen molar-refractivity contribution in [2.45, 2.75) is 39.5 Å². The largest absolute Gasteiger partial charge is 0.493 e. The van der Waals surface area contributed by atoms with Gasteiger partial charge in [0.15, 0.2) is 11.5 Å². The highest BCUT2D eigenvalue weighted by molar-refractivity contribution is 5.43. The van der Waals surface area contributed by atoms with E-state index >= 15 is 0 Å². The molecule has 4 heteroatoms. The van der Waals surface area contributed by atoms with E-state index < -0.39 is 0 Å². The van der Waals surface area contributed by atoms with Crippen LogP contribution >= 0.6 is 0 Å². The lowest BCUT2D eigenvalue weighted by atomic mass is 10.1. The van der Waals surface area contributed by atoms with Crippen LogP contribution in [0, 0.1) is 0 Å². The minimum atomic E-state index is 0.503. The molecule has 2 rings (SSSR count). The quantitative estimate of drug-likeness (QED) is 0.809. The number of pyridine rings is 1. The fraction of sp³-hybridized carbons (Fsp3) is 0.389. The lowest BCUT2D eigenvalue weighted by molar-refractivity contribution is 0.284. The van der Waals surface area contributed by atoms with E-state index in [2.05, 4.69) is 30.2 Å². The molecule has 1 heterocycles. The average molecular weight is 300 g/mol. The third kappa shape index (κ3) is 4.74. The molecule has 0 spiro atoms. The van der Waals surface area contributed by atoms with Gasteiger partial charge in [-0.15, -0.1) is 0 Å². The topological polar surface area (TPSA) is 43.4 Å². The second kappa shape index (κ2) is 8.39. The highest BCUT2D eigenvalue weighted by atomic mass is 16.5. The van der Waals surface area contributed by atoms with Crippen LogP contribution in [0.25, 0.3) is 0 Å². The molecule has 0 bridgehead atoms. The summed E-state index contributed by atoms with van der Waals surface area (Å²) in [4.78, 5) is 4.00. The first kappa shape index (κ1) is 16.3. The number of methoxy groups -OCH3 is 1. The van der Waals surface area contributed by atoms with Gasteiger partial charge in [0.2, 0.25) is 0 Å². The fourth-order valence-electron chi connectivity index (χ4n) is 2.02. The minimum absolute atomic E-state index is 0.503. The summed E-state index contributed by atoms with van der Waals surface area (Å²) in [6.07, 6.45) is 4.64. The first-order valence-electron chi connectivity index (χ1n) is 7.65. The Kier molecular flexibility index (Phi) is 6.22. The summed E-state index contributed by atoms with van der Waals surface area (Å²) in [5, 5.41) is 3.47. The minimum Gasteiger partial charge on any atom is -0.493 e. The van der Waals surface area contributed by atoms with Crippen LogP contribution < -0.4 is 14.8 Å². The van der Waals surface area contributed by atoms with E-state index in [1.54, 1.807) is 19.5 Å². The molecule has 0 saturated carbocycles. The van der Waals surface area contributed by atoms with E-state index in [1.165, 1.54) is 5.56 Å². The van der Waals surface area contributed by atoms with Crippen LogP contribution in [0.1, 0.15) is 31.4 Å². The van der Waals surface area contributed by atoms with Gasteiger partial charge in [0.05, 0.1) is 7.11 Å². The molecule has 0 saturated heterocycles. The summed E-state index contributed by atoms with van der Waals surface area (Å²) < 4.78 is 11.3. The zero-order valence-corrected chi connectivity index (χ0v) is 13.5.